The minimum atomic E-state index is -0.0155. The average Bonchev–Trinajstić information content (AvgIpc) is 3.08. The zero-order valence-corrected chi connectivity index (χ0v) is 16.8. The van der Waals surface area contributed by atoms with Gasteiger partial charge in [0, 0.05) is 29.1 Å². The van der Waals surface area contributed by atoms with Gasteiger partial charge in [0.15, 0.2) is 5.78 Å². The molecular formula is C22H22Cl2N2O. The molecule has 1 saturated heterocycles. The summed E-state index contributed by atoms with van der Waals surface area (Å²) in [6, 6.07) is 11.4. The van der Waals surface area contributed by atoms with E-state index >= 15 is 0 Å². The van der Waals surface area contributed by atoms with Crippen LogP contribution >= 0.6 is 23.2 Å². The Labute approximate surface area is 169 Å². The molecule has 4 rings (SSSR count). The van der Waals surface area contributed by atoms with Gasteiger partial charge in [-0.05, 0) is 74.3 Å². The summed E-state index contributed by atoms with van der Waals surface area (Å²) in [6.07, 6.45) is 4.80. The molecule has 1 aliphatic heterocycles. The Bertz CT molecular complexity index is 987. The number of hydrogen-bond acceptors (Lipinski definition) is 2. The van der Waals surface area contributed by atoms with Crippen molar-refractivity contribution in [3.63, 3.8) is 0 Å². The maximum Gasteiger partial charge on any atom is 0.168 e. The van der Waals surface area contributed by atoms with Gasteiger partial charge < -0.3 is 9.88 Å². The molecule has 0 amide bonds. The van der Waals surface area contributed by atoms with Crippen molar-refractivity contribution in [2.45, 2.75) is 25.2 Å². The molecule has 140 valence electrons. The summed E-state index contributed by atoms with van der Waals surface area (Å²) in [5, 5.41) is 1.97. The predicted octanol–water partition coefficient (Wildman–Crippen LogP) is 5.71. The molecular weight excluding hydrogens is 379 g/mol. The number of aromatic nitrogens is 1. The summed E-state index contributed by atoms with van der Waals surface area (Å²) in [5.41, 5.74) is 3.97. The molecule has 5 heteroatoms. The maximum atomic E-state index is 12.7. The zero-order chi connectivity index (χ0) is 19.0. The lowest BCUT2D eigenvalue weighted by Crippen LogP contribution is -2.29. The molecule has 1 aromatic heterocycles. The van der Waals surface area contributed by atoms with E-state index in [1.54, 1.807) is 18.2 Å². The van der Waals surface area contributed by atoms with Gasteiger partial charge in [-0.25, -0.2) is 0 Å². The van der Waals surface area contributed by atoms with Crippen LogP contribution in [0.2, 0.25) is 10.0 Å². The first-order chi connectivity index (χ1) is 13.0. The van der Waals surface area contributed by atoms with Gasteiger partial charge >= 0.3 is 0 Å². The number of hydrogen-bond donors (Lipinski definition) is 1. The lowest BCUT2D eigenvalue weighted by Gasteiger charge is -2.28. The third-order valence-electron chi connectivity index (χ3n) is 5.55. The molecule has 0 aliphatic carbocycles. The molecule has 3 nitrogen and oxygen atoms in total. The number of piperidine rings is 1. The van der Waals surface area contributed by atoms with Crippen LogP contribution in [0.4, 0.5) is 0 Å². The van der Waals surface area contributed by atoms with Crippen molar-refractivity contribution in [2.75, 3.05) is 20.1 Å². The topological polar surface area (TPSA) is 36.1 Å². The quantitative estimate of drug-likeness (QED) is 0.569. The van der Waals surface area contributed by atoms with E-state index in [-0.39, 0.29) is 5.78 Å². The molecule has 1 aliphatic rings. The molecule has 0 saturated carbocycles. The molecule has 0 radical (unpaired) electrons. The van der Waals surface area contributed by atoms with E-state index in [0.29, 0.717) is 27.9 Å². The highest BCUT2D eigenvalue weighted by Crippen LogP contribution is 2.33. The lowest BCUT2D eigenvalue weighted by molar-refractivity contribution is 0.0993. The largest absolute Gasteiger partial charge is 0.361 e. The molecule has 1 fully saturated rings. The van der Waals surface area contributed by atoms with Crippen molar-refractivity contribution in [3.8, 4) is 0 Å². The van der Waals surface area contributed by atoms with Crippen LogP contribution in [0.25, 0.3) is 10.9 Å². The molecule has 2 heterocycles. The number of nitrogens with zero attached hydrogens (tertiary/aromatic N) is 1. The molecule has 2 aromatic carbocycles. The second-order valence-electron chi connectivity index (χ2n) is 7.40. The number of Topliss-reactive ketones (excluding diaryl/α,β-unsaturated/α-hetero) is 1. The van der Waals surface area contributed by atoms with Gasteiger partial charge in [0.1, 0.15) is 0 Å². The van der Waals surface area contributed by atoms with Gasteiger partial charge in [-0.1, -0.05) is 35.3 Å². The Kier molecular flexibility index (Phi) is 5.27. The number of nitrogens with one attached hydrogen (secondary N) is 1. The van der Waals surface area contributed by atoms with Crippen molar-refractivity contribution in [1.82, 2.24) is 9.88 Å². The maximum absolute atomic E-state index is 12.7. The third kappa shape index (κ3) is 3.77. The Balaban J connectivity index is 1.60. The first-order valence-corrected chi connectivity index (χ1v) is 10.0. The minimum absolute atomic E-state index is 0.0155. The van der Waals surface area contributed by atoms with Crippen LogP contribution in [0.1, 0.15) is 40.2 Å². The van der Waals surface area contributed by atoms with Crippen LogP contribution in [-0.2, 0) is 6.42 Å². The number of benzene rings is 2. The van der Waals surface area contributed by atoms with Crippen LogP contribution in [-0.4, -0.2) is 35.8 Å². The molecule has 27 heavy (non-hydrogen) atoms. The summed E-state index contributed by atoms with van der Waals surface area (Å²) in [5.74, 6) is 0.557. The standard InChI is InChI=1S/C22H22Cl2N2O/c1-26-9-7-15(8-10-26)18-13-25-20-6-5-14(11-17(18)20)12-21(27)16-3-2-4-19(23)22(16)24/h2-6,11,13,15,25H,7-10,12H2,1H3. The summed E-state index contributed by atoms with van der Waals surface area (Å²) >= 11 is 12.3. The average molecular weight is 401 g/mol. The van der Waals surface area contributed by atoms with Crippen LogP contribution in [0.15, 0.2) is 42.6 Å². The van der Waals surface area contributed by atoms with E-state index in [1.165, 1.54) is 23.8 Å². The number of likely N-dealkylation sites (tertiary alicyclic amines) is 1. The number of carbonyl (C=O) groups excluding carboxylic acids is 1. The number of aromatic amines is 1. The van der Waals surface area contributed by atoms with Crippen LogP contribution in [0.5, 0.6) is 0 Å². The highest BCUT2D eigenvalue weighted by molar-refractivity contribution is 6.43. The minimum Gasteiger partial charge on any atom is -0.361 e. The van der Waals surface area contributed by atoms with Gasteiger partial charge in [-0.2, -0.15) is 0 Å². The fourth-order valence-electron chi connectivity index (χ4n) is 3.96. The molecule has 3 aromatic rings. The number of halogens is 2. The predicted molar refractivity (Wildman–Crippen MR) is 112 cm³/mol. The Morgan fingerprint density at radius 2 is 1.96 bits per heavy atom. The second kappa shape index (κ2) is 7.67. The zero-order valence-electron chi connectivity index (χ0n) is 15.3. The van der Waals surface area contributed by atoms with E-state index in [1.807, 2.05) is 6.07 Å². The number of H-pyrrole nitrogens is 1. The fourth-order valence-corrected chi connectivity index (χ4v) is 4.36. The molecule has 0 bridgehead atoms. The first kappa shape index (κ1) is 18.5. The van der Waals surface area contributed by atoms with Gasteiger partial charge in [-0.3, -0.25) is 4.79 Å². The first-order valence-electron chi connectivity index (χ1n) is 9.28. The van der Waals surface area contributed by atoms with E-state index in [9.17, 15) is 4.79 Å². The molecule has 0 spiro atoms. The third-order valence-corrected chi connectivity index (χ3v) is 6.37. The number of rotatable bonds is 4. The van der Waals surface area contributed by atoms with Crippen molar-refractivity contribution in [2.24, 2.45) is 0 Å². The van der Waals surface area contributed by atoms with Crippen molar-refractivity contribution in [3.05, 3.63) is 69.3 Å². The molecule has 0 unspecified atom stereocenters. The summed E-state index contributed by atoms with van der Waals surface area (Å²) in [7, 11) is 2.18. The van der Waals surface area contributed by atoms with Gasteiger partial charge in [0.05, 0.1) is 10.0 Å². The monoisotopic (exact) mass is 400 g/mol. The summed E-state index contributed by atoms with van der Waals surface area (Å²) in [6.45, 7) is 2.26. The van der Waals surface area contributed by atoms with Gasteiger partial charge in [-0.15, -0.1) is 0 Å². The Hall–Kier alpha value is -1.81. The van der Waals surface area contributed by atoms with Gasteiger partial charge in [0.2, 0.25) is 0 Å². The SMILES string of the molecule is CN1CCC(c2c[nH]c3ccc(CC(=O)c4cccc(Cl)c4Cl)cc23)CC1. The van der Waals surface area contributed by atoms with Crippen LogP contribution < -0.4 is 0 Å². The number of carbonyl (C=O) groups is 1. The van der Waals surface area contributed by atoms with E-state index in [4.69, 9.17) is 23.2 Å². The van der Waals surface area contributed by atoms with E-state index in [0.717, 1.165) is 24.2 Å². The molecule has 0 atom stereocenters. The highest BCUT2D eigenvalue weighted by atomic mass is 35.5. The summed E-state index contributed by atoms with van der Waals surface area (Å²) < 4.78 is 0. The fraction of sp³-hybridized carbons (Fsp3) is 0.318. The lowest BCUT2D eigenvalue weighted by atomic mass is 9.89. The highest BCUT2D eigenvalue weighted by Gasteiger charge is 2.21. The number of fused-ring (bicyclic) bond motifs is 1. The smallest absolute Gasteiger partial charge is 0.168 e. The second-order valence-corrected chi connectivity index (χ2v) is 8.19. The van der Waals surface area contributed by atoms with Gasteiger partial charge in [0.25, 0.3) is 0 Å². The summed E-state index contributed by atoms with van der Waals surface area (Å²) in [4.78, 5) is 18.5. The van der Waals surface area contributed by atoms with Crippen molar-refractivity contribution >= 4 is 39.9 Å². The molecule has 1 N–H and O–H groups in total. The van der Waals surface area contributed by atoms with Crippen LogP contribution in [0.3, 0.4) is 0 Å². The Morgan fingerprint density at radius 3 is 2.74 bits per heavy atom. The normalized spacial score (nSPS) is 16.1. The van der Waals surface area contributed by atoms with E-state index in [2.05, 4.69) is 35.3 Å². The Morgan fingerprint density at radius 1 is 1.19 bits per heavy atom. The van der Waals surface area contributed by atoms with Crippen molar-refractivity contribution < 1.29 is 4.79 Å². The number of ketones is 1. The van der Waals surface area contributed by atoms with E-state index < -0.39 is 0 Å². The van der Waals surface area contributed by atoms with Crippen LogP contribution in [0, 0.1) is 0 Å². The van der Waals surface area contributed by atoms with Crippen molar-refractivity contribution in [1.29, 1.82) is 0 Å².